The van der Waals surface area contributed by atoms with Gasteiger partial charge in [-0.15, -0.1) is 12.4 Å². The molecule has 0 aliphatic carbocycles. The summed E-state index contributed by atoms with van der Waals surface area (Å²) in [6.07, 6.45) is 6.88. The summed E-state index contributed by atoms with van der Waals surface area (Å²) in [5.41, 5.74) is 2.67. The van der Waals surface area contributed by atoms with E-state index in [2.05, 4.69) is 22.2 Å². The zero-order valence-corrected chi connectivity index (χ0v) is 15.1. The Morgan fingerprint density at radius 1 is 1.29 bits per heavy atom. The molecule has 6 heteroatoms. The van der Waals surface area contributed by atoms with Gasteiger partial charge in [0.05, 0.1) is 5.69 Å². The van der Waals surface area contributed by atoms with Gasteiger partial charge in [-0.2, -0.15) is 0 Å². The number of aromatic nitrogens is 2. The van der Waals surface area contributed by atoms with Gasteiger partial charge >= 0.3 is 0 Å². The average molecular weight is 349 g/mol. The Balaban J connectivity index is 0.00000169. The lowest BCUT2D eigenvalue weighted by Crippen LogP contribution is -2.46. The van der Waals surface area contributed by atoms with E-state index in [0.717, 1.165) is 23.4 Å². The van der Waals surface area contributed by atoms with Gasteiger partial charge in [0.2, 0.25) is 0 Å². The van der Waals surface area contributed by atoms with Gasteiger partial charge in [0.25, 0.3) is 5.56 Å². The third-order valence-corrected chi connectivity index (χ3v) is 5.34. The van der Waals surface area contributed by atoms with Crippen LogP contribution in [0.15, 0.2) is 29.2 Å². The van der Waals surface area contributed by atoms with Crippen molar-refractivity contribution >= 4 is 18.1 Å². The zero-order chi connectivity index (χ0) is 16.0. The number of pyridine rings is 1. The van der Waals surface area contributed by atoms with E-state index >= 15 is 0 Å². The summed E-state index contributed by atoms with van der Waals surface area (Å²) in [4.78, 5) is 19.4. The molecular weight excluding hydrogens is 324 g/mol. The molecule has 4 heterocycles. The number of piperidine rings is 1. The zero-order valence-electron chi connectivity index (χ0n) is 14.2. The van der Waals surface area contributed by atoms with Crippen LogP contribution in [-0.4, -0.2) is 39.5 Å². The summed E-state index contributed by atoms with van der Waals surface area (Å²) in [5, 5.41) is 3.68. The fraction of sp³-hybridized carbons (Fsp3) is 0.556. The van der Waals surface area contributed by atoms with E-state index in [1.54, 1.807) is 10.5 Å². The molecular formula is C18H25ClN4O. The number of hydrogen-bond donors (Lipinski definition) is 1. The van der Waals surface area contributed by atoms with Gasteiger partial charge in [-0.3, -0.25) is 14.1 Å². The van der Waals surface area contributed by atoms with Gasteiger partial charge in [0.15, 0.2) is 0 Å². The minimum atomic E-state index is 0. The summed E-state index contributed by atoms with van der Waals surface area (Å²) in [5.74, 6) is 0. The van der Waals surface area contributed by atoms with Crippen molar-refractivity contribution in [1.29, 1.82) is 0 Å². The highest BCUT2D eigenvalue weighted by molar-refractivity contribution is 5.85. The molecule has 5 nitrogen and oxygen atoms in total. The molecule has 0 amide bonds. The van der Waals surface area contributed by atoms with Crippen LogP contribution in [0, 0.1) is 6.92 Å². The average Bonchev–Trinajstić information content (AvgIpc) is 2.86. The Kier molecular flexibility index (Phi) is 4.95. The topological polar surface area (TPSA) is 49.6 Å². The minimum Gasteiger partial charge on any atom is -0.311 e. The highest BCUT2D eigenvalue weighted by Gasteiger charge is 2.35. The van der Waals surface area contributed by atoms with Crippen molar-refractivity contribution in [3.63, 3.8) is 0 Å². The van der Waals surface area contributed by atoms with Crippen LogP contribution in [0.5, 0.6) is 0 Å². The second kappa shape index (κ2) is 6.82. The molecule has 2 aromatic rings. The van der Waals surface area contributed by atoms with Crippen molar-refractivity contribution in [1.82, 2.24) is 19.6 Å². The normalized spacial score (nSPS) is 25.9. The molecule has 2 fully saturated rings. The standard InChI is InChI=1S/C18H24N4O.ClH/c1-12-3-6-17-20-15(9-18(23)22(17)10-12)11-21(2)16-7-13-4-5-14(8-16)19-13;/h3,6,9-10,13-14,16,19H,4-5,7-8,11H2,1-2H3;1H. The van der Waals surface area contributed by atoms with Crippen molar-refractivity contribution in [2.75, 3.05) is 7.05 Å². The van der Waals surface area contributed by atoms with Gasteiger partial charge < -0.3 is 5.32 Å². The Labute approximate surface area is 148 Å². The lowest BCUT2D eigenvalue weighted by molar-refractivity contribution is 0.164. The fourth-order valence-corrected chi connectivity index (χ4v) is 4.11. The predicted octanol–water partition coefficient (Wildman–Crippen LogP) is 2.14. The summed E-state index contributed by atoms with van der Waals surface area (Å²) >= 11 is 0. The second-order valence-corrected chi connectivity index (χ2v) is 7.20. The highest BCUT2D eigenvalue weighted by atomic mass is 35.5. The van der Waals surface area contributed by atoms with Crippen LogP contribution in [-0.2, 0) is 6.54 Å². The van der Waals surface area contributed by atoms with Crippen LogP contribution in [0.2, 0.25) is 0 Å². The van der Waals surface area contributed by atoms with Gasteiger partial charge in [-0.25, -0.2) is 4.98 Å². The van der Waals surface area contributed by atoms with Crippen molar-refractivity contribution in [3.8, 4) is 0 Å². The van der Waals surface area contributed by atoms with Gasteiger partial charge in [0.1, 0.15) is 5.65 Å². The molecule has 0 aromatic carbocycles. The SMILES string of the molecule is Cc1ccc2nc(CN(C)C3CC4CCC(C3)N4)cc(=O)n2c1.Cl. The fourth-order valence-electron chi connectivity index (χ4n) is 4.11. The van der Waals surface area contributed by atoms with Crippen LogP contribution in [0.1, 0.15) is 36.9 Å². The lowest BCUT2D eigenvalue weighted by atomic mass is 9.98. The molecule has 24 heavy (non-hydrogen) atoms. The van der Waals surface area contributed by atoms with Gasteiger partial charge in [-0.1, -0.05) is 6.07 Å². The highest BCUT2D eigenvalue weighted by Crippen LogP contribution is 2.29. The predicted molar refractivity (Wildman–Crippen MR) is 97.9 cm³/mol. The monoisotopic (exact) mass is 348 g/mol. The molecule has 1 N–H and O–H groups in total. The molecule has 0 saturated carbocycles. The first kappa shape index (κ1) is 17.4. The van der Waals surface area contributed by atoms with Crippen LogP contribution in [0.3, 0.4) is 0 Å². The van der Waals surface area contributed by atoms with E-state index in [1.165, 1.54) is 25.7 Å². The number of nitrogens with one attached hydrogen (secondary N) is 1. The summed E-state index contributed by atoms with van der Waals surface area (Å²) in [6, 6.07) is 7.55. The Bertz CT molecular complexity index is 778. The number of rotatable bonds is 3. The van der Waals surface area contributed by atoms with Crippen molar-refractivity contribution in [2.24, 2.45) is 0 Å². The molecule has 2 aliphatic rings. The molecule has 0 radical (unpaired) electrons. The third-order valence-electron chi connectivity index (χ3n) is 5.34. The van der Waals surface area contributed by atoms with E-state index in [9.17, 15) is 4.79 Å². The first-order valence-electron chi connectivity index (χ1n) is 8.54. The minimum absolute atomic E-state index is 0. The maximum atomic E-state index is 12.3. The van der Waals surface area contributed by atoms with Crippen molar-refractivity contribution < 1.29 is 0 Å². The van der Waals surface area contributed by atoms with Crippen LogP contribution in [0.4, 0.5) is 0 Å². The van der Waals surface area contributed by atoms with Crippen LogP contribution in [0.25, 0.3) is 5.65 Å². The quantitative estimate of drug-likeness (QED) is 0.923. The molecule has 2 atom stereocenters. The number of nitrogens with zero attached hydrogens (tertiary/aromatic N) is 3. The molecule has 2 bridgehead atoms. The Morgan fingerprint density at radius 2 is 2.00 bits per heavy atom. The van der Waals surface area contributed by atoms with Crippen molar-refractivity contribution in [3.05, 3.63) is 46.0 Å². The van der Waals surface area contributed by atoms with Gasteiger partial charge in [0, 0.05) is 36.9 Å². The van der Waals surface area contributed by atoms with Crippen LogP contribution < -0.4 is 10.9 Å². The first-order valence-corrected chi connectivity index (χ1v) is 8.54. The number of aryl methyl sites for hydroxylation is 1. The van der Waals surface area contributed by atoms with E-state index in [4.69, 9.17) is 0 Å². The molecule has 2 saturated heterocycles. The largest absolute Gasteiger partial charge is 0.311 e. The molecule has 4 rings (SSSR count). The van der Waals surface area contributed by atoms with E-state index in [1.807, 2.05) is 25.3 Å². The van der Waals surface area contributed by atoms with Gasteiger partial charge in [-0.05, 0) is 51.3 Å². The molecule has 130 valence electrons. The molecule has 2 unspecified atom stereocenters. The summed E-state index contributed by atoms with van der Waals surface area (Å²) < 4.78 is 1.63. The lowest BCUT2D eigenvalue weighted by Gasteiger charge is -2.35. The second-order valence-electron chi connectivity index (χ2n) is 7.20. The smallest absolute Gasteiger partial charge is 0.258 e. The van der Waals surface area contributed by atoms with Crippen LogP contribution >= 0.6 is 12.4 Å². The van der Waals surface area contributed by atoms with Crippen molar-refractivity contribution in [2.45, 2.75) is 57.3 Å². The summed E-state index contributed by atoms with van der Waals surface area (Å²) in [7, 11) is 2.16. The maximum Gasteiger partial charge on any atom is 0.258 e. The van der Waals surface area contributed by atoms with E-state index < -0.39 is 0 Å². The van der Waals surface area contributed by atoms with E-state index in [-0.39, 0.29) is 18.0 Å². The number of halogens is 1. The number of hydrogen-bond acceptors (Lipinski definition) is 4. The molecule has 2 aliphatic heterocycles. The molecule has 2 aromatic heterocycles. The third kappa shape index (κ3) is 3.34. The molecule has 0 spiro atoms. The number of fused-ring (bicyclic) bond motifs is 3. The summed E-state index contributed by atoms with van der Waals surface area (Å²) in [6.45, 7) is 2.72. The Hall–Kier alpha value is -1.43. The van der Waals surface area contributed by atoms with E-state index in [0.29, 0.717) is 18.1 Å². The first-order chi connectivity index (χ1) is 11.1. The maximum absolute atomic E-state index is 12.3. The Morgan fingerprint density at radius 3 is 2.71 bits per heavy atom.